The highest BCUT2D eigenvalue weighted by molar-refractivity contribution is 7.10. The van der Waals surface area contributed by atoms with Crippen LogP contribution < -0.4 is 5.32 Å². The predicted octanol–water partition coefficient (Wildman–Crippen LogP) is 0.755. The maximum Gasteiger partial charge on any atom is 0.0588 e. The molecule has 1 atom stereocenters. The van der Waals surface area contributed by atoms with Crippen molar-refractivity contribution in [3.63, 3.8) is 0 Å². The number of nitrogens with one attached hydrogen (secondary N) is 1. The molecular formula is C8H11NOS. The average Bonchev–Trinajstić information content (AvgIpc) is 2.50. The first kappa shape index (κ1) is 7.28. The van der Waals surface area contributed by atoms with Crippen LogP contribution in [0.4, 0.5) is 0 Å². The standard InChI is InChI=1S/C8H11NOS/c10-5-7-3-6-1-2-11-8(6)4-9-7/h1-2,7,9-10H,3-5H2. The van der Waals surface area contributed by atoms with E-state index in [1.807, 2.05) is 0 Å². The van der Waals surface area contributed by atoms with Gasteiger partial charge in [-0.2, -0.15) is 0 Å². The van der Waals surface area contributed by atoms with Crippen LogP contribution in [0.1, 0.15) is 10.4 Å². The van der Waals surface area contributed by atoms with Gasteiger partial charge in [0, 0.05) is 17.5 Å². The fourth-order valence-corrected chi connectivity index (χ4v) is 2.27. The van der Waals surface area contributed by atoms with Gasteiger partial charge in [0.2, 0.25) is 0 Å². The van der Waals surface area contributed by atoms with E-state index in [0.717, 1.165) is 13.0 Å². The second-order valence-electron chi connectivity index (χ2n) is 2.83. The molecule has 1 unspecified atom stereocenters. The third-order valence-electron chi connectivity index (χ3n) is 2.08. The van der Waals surface area contributed by atoms with Crippen LogP contribution in [0, 0.1) is 0 Å². The van der Waals surface area contributed by atoms with Crippen LogP contribution in [0.3, 0.4) is 0 Å². The molecule has 0 spiro atoms. The zero-order valence-corrected chi connectivity index (χ0v) is 7.03. The summed E-state index contributed by atoms with van der Waals surface area (Å²) in [6.07, 6.45) is 0.981. The van der Waals surface area contributed by atoms with Crippen molar-refractivity contribution in [3.8, 4) is 0 Å². The Morgan fingerprint density at radius 2 is 2.64 bits per heavy atom. The van der Waals surface area contributed by atoms with Gasteiger partial charge in [0.1, 0.15) is 0 Å². The molecule has 1 aromatic heterocycles. The Hall–Kier alpha value is -0.380. The first-order chi connectivity index (χ1) is 5.40. The molecule has 60 valence electrons. The quantitative estimate of drug-likeness (QED) is 0.650. The number of hydrogen-bond donors (Lipinski definition) is 2. The van der Waals surface area contributed by atoms with Gasteiger partial charge in [-0.25, -0.2) is 0 Å². The Kier molecular flexibility index (Phi) is 1.94. The summed E-state index contributed by atoms with van der Waals surface area (Å²) in [5.74, 6) is 0. The Morgan fingerprint density at radius 1 is 1.73 bits per heavy atom. The molecule has 0 aromatic carbocycles. The van der Waals surface area contributed by atoms with Crippen molar-refractivity contribution in [1.82, 2.24) is 5.32 Å². The molecule has 0 bridgehead atoms. The molecule has 0 fully saturated rings. The molecule has 3 heteroatoms. The van der Waals surface area contributed by atoms with E-state index in [9.17, 15) is 0 Å². The third-order valence-corrected chi connectivity index (χ3v) is 3.04. The van der Waals surface area contributed by atoms with Crippen molar-refractivity contribution in [2.24, 2.45) is 0 Å². The van der Waals surface area contributed by atoms with Crippen LogP contribution >= 0.6 is 11.3 Å². The summed E-state index contributed by atoms with van der Waals surface area (Å²) in [5.41, 5.74) is 1.41. The molecule has 2 nitrogen and oxygen atoms in total. The summed E-state index contributed by atoms with van der Waals surface area (Å²) in [5, 5.41) is 14.3. The van der Waals surface area contributed by atoms with Crippen LogP contribution in [0.2, 0.25) is 0 Å². The minimum absolute atomic E-state index is 0.245. The van der Waals surface area contributed by atoms with Gasteiger partial charge < -0.3 is 10.4 Å². The van der Waals surface area contributed by atoms with E-state index in [1.54, 1.807) is 11.3 Å². The summed E-state index contributed by atoms with van der Waals surface area (Å²) in [4.78, 5) is 1.43. The van der Waals surface area contributed by atoms with E-state index in [4.69, 9.17) is 5.11 Å². The molecule has 2 N–H and O–H groups in total. The molecule has 1 aromatic rings. The van der Waals surface area contributed by atoms with Crippen molar-refractivity contribution in [1.29, 1.82) is 0 Å². The van der Waals surface area contributed by atoms with Gasteiger partial charge in [0.05, 0.1) is 6.61 Å². The largest absolute Gasteiger partial charge is 0.395 e. The van der Waals surface area contributed by atoms with E-state index in [-0.39, 0.29) is 12.6 Å². The summed E-state index contributed by atoms with van der Waals surface area (Å²) >= 11 is 1.79. The van der Waals surface area contributed by atoms with Crippen molar-refractivity contribution in [2.75, 3.05) is 6.61 Å². The number of fused-ring (bicyclic) bond motifs is 1. The van der Waals surface area contributed by atoms with Gasteiger partial charge in [0.25, 0.3) is 0 Å². The van der Waals surface area contributed by atoms with Gasteiger partial charge in [-0.15, -0.1) is 11.3 Å². The minimum Gasteiger partial charge on any atom is -0.395 e. The van der Waals surface area contributed by atoms with Crippen LogP contribution in [0.5, 0.6) is 0 Å². The molecule has 2 rings (SSSR count). The predicted molar refractivity (Wildman–Crippen MR) is 45.7 cm³/mol. The molecule has 1 aliphatic heterocycles. The van der Waals surface area contributed by atoms with Gasteiger partial charge in [-0.05, 0) is 23.4 Å². The Labute approximate surface area is 69.9 Å². The van der Waals surface area contributed by atoms with Gasteiger partial charge in [0.15, 0.2) is 0 Å². The second-order valence-corrected chi connectivity index (χ2v) is 3.83. The molecule has 1 aliphatic rings. The summed E-state index contributed by atoms with van der Waals surface area (Å²) in [7, 11) is 0. The number of aliphatic hydroxyl groups is 1. The minimum atomic E-state index is 0.245. The zero-order valence-electron chi connectivity index (χ0n) is 6.21. The fraction of sp³-hybridized carbons (Fsp3) is 0.500. The Bertz CT molecular complexity index is 246. The van der Waals surface area contributed by atoms with Gasteiger partial charge >= 0.3 is 0 Å². The lowest BCUT2D eigenvalue weighted by atomic mass is 10.0. The molecule has 2 heterocycles. The second kappa shape index (κ2) is 2.93. The lowest BCUT2D eigenvalue weighted by molar-refractivity contribution is 0.236. The van der Waals surface area contributed by atoms with Crippen LogP contribution in [0.15, 0.2) is 11.4 Å². The Balaban J connectivity index is 2.18. The highest BCUT2D eigenvalue weighted by Gasteiger charge is 2.17. The Morgan fingerprint density at radius 3 is 3.45 bits per heavy atom. The average molecular weight is 169 g/mol. The zero-order chi connectivity index (χ0) is 7.68. The van der Waals surface area contributed by atoms with Crippen LogP contribution in [-0.2, 0) is 13.0 Å². The SMILES string of the molecule is OCC1Cc2ccsc2CN1. The van der Waals surface area contributed by atoms with E-state index in [2.05, 4.69) is 16.8 Å². The maximum atomic E-state index is 8.90. The molecular weight excluding hydrogens is 158 g/mol. The van der Waals surface area contributed by atoms with Crippen molar-refractivity contribution >= 4 is 11.3 Å². The normalized spacial score (nSPS) is 23.2. The lowest BCUT2D eigenvalue weighted by Crippen LogP contribution is -2.37. The number of rotatable bonds is 1. The molecule has 0 aliphatic carbocycles. The highest BCUT2D eigenvalue weighted by Crippen LogP contribution is 2.21. The highest BCUT2D eigenvalue weighted by atomic mass is 32.1. The lowest BCUT2D eigenvalue weighted by Gasteiger charge is -2.21. The molecule has 0 saturated carbocycles. The van der Waals surface area contributed by atoms with E-state index in [0.29, 0.717) is 0 Å². The van der Waals surface area contributed by atoms with Crippen LogP contribution in [0.25, 0.3) is 0 Å². The van der Waals surface area contributed by atoms with Crippen LogP contribution in [-0.4, -0.2) is 17.8 Å². The van der Waals surface area contributed by atoms with E-state index < -0.39 is 0 Å². The first-order valence-electron chi connectivity index (χ1n) is 3.79. The molecule has 11 heavy (non-hydrogen) atoms. The first-order valence-corrected chi connectivity index (χ1v) is 4.67. The number of aliphatic hydroxyl groups excluding tert-OH is 1. The van der Waals surface area contributed by atoms with Crippen molar-refractivity contribution in [3.05, 3.63) is 21.9 Å². The summed E-state index contributed by atoms with van der Waals surface area (Å²) < 4.78 is 0. The fourth-order valence-electron chi connectivity index (χ4n) is 1.41. The third kappa shape index (κ3) is 1.31. The molecule has 0 radical (unpaired) electrons. The monoisotopic (exact) mass is 169 g/mol. The smallest absolute Gasteiger partial charge is 0.0588 e. The molecule has 0 amide bonds. The van der Waals surface area contributed by atoms with Crippen molar-refractivity contribution in [2.45, 2.75) is 19.0 Å². The molecule has 0 saturated heterocycles. The number of hydrogen-bond acceptors (Lipinski definition) is 3. The number of thiophene rings is 1. The maximum absolute atomic E-state index is 8.90. The van der Waals surface area contributed by atoms with Gasteiger partial charge in [-0.3, -0.25) is 0 Å². The topological polar surface area (TPSA) is 32.3 Å². The summed E-state index contributed by atoms with van der Waals surface area (Å²) in [6, 6.07) is 2.43. The summed E-state index contributed by atoms with van der Waals surface area (Å²) in [6.45, 7) is 1.17. The van der Waals surface area contributed by atoms with Gasteiger partial charge in [-0.1, -0.05) is 0 Å². The van der Waals surface area contributed by atoms with E-state index >= 15 is 0 Å². The van der Waals surface area contributed by atoms with Crippen molar-refractivity contribution < 1.29 is 5.11 Å². The van der Waals surface area contributed by atoms with E-state index in [1.165, 1.54) is 10.4 Å².